The Morgan fingerprint density at radius 3 is 2.80 bits per heavy atom. The van der Waals surface area contributed by atoms with E-state index in [0.29, 0.717) is 6.42 Å². The molecule has 0 aromatic heterocycles. The minimum Gasteiger partial charge on any atom is -0.390 e. The van der Waals surface area contributed by atoms with Crippen LogP contribution in [0.5, 0.6) is 0 Å². The highest BCUT2D eigenvalue weighted by atomic mass is 32.2. The topological polar surface area (TPSA) is 85.5 Å². The molecule has 1 unspecified atom stereocenters. The highest BCUT2D eigenvalue weighted by Crippen LogP contribution is 2.38. The van der Waals surface area contributed by atoms with Gasteiger partial charge in [0.05, 0.1) is 6.10 Å². The van der Waals surface area contributed by atoms with Crippen LogP contribution in [0.25, 0.3) is 0 Å². The van der Waals surface area contributed by atoms with Gasteiger partial charge in [-0.2, -0.15) is 0 Å². The van der Waals surface area contributed by atoms with Gasteiger partial charge in [0, 0.05) is 13.6 Å². The van der Waals surface area contributed by atoms with E-state index in [0.717, 1.165) is 11.7 Å². The number of aliphatic hydroxyl groups excluding tert-OH is 3. The largest absolute Gasteiger partial charge is 0.390 e. The Morgan fingerprint density at radius 2 is 2.20 bits per heavy atom. The normalized spacial score (nSPS) is 38.0. The van der Waals surface area contributed by atoms with Gasteiger partial charge >= 0.3 is 0 Å². The molecule has 0 spiro atoms. The Morgan fingerprint density at radius 1 is 1.50 bits per heavy atom. The van der Waals surface area contributed by atoms with Gasteiger partial charge in [0.1, 0.15) is 29.8 Å². The summed E-state index contributed by atoms with van der Waals surface area (Å²) in [6.07, 6.45) is -2.02. The van der Waals surface area contributed by atoms with Crippen LogP contribution >= 0.6 is 11.8 Å². The molecular weight excluding hydrogens is 280 g/mol. The zero-order valence-corrected chi connectivity index (χ0v) is 12.5. The van der Waals surface area contributed by atoms with E-state index in [2.05, 4.69) is 11.6 Å². The number of nitrogens with zero attached hydrogens (tertiary/aromatic N) is 2. The summed E-state index contributed by atoms with van der Waals surface area (Å²) >= 11 is 1.42. The summed E-state index contributed by atoms with van der Waals surface area (Å²) in [6, 6.07) is -0.494. The van der Waals surface area contributed by atoms with E-state index in [1.165, 1.54) is 11.8 Å². The predicted molar refractivity (Wildman–Crippen MR) is 78.6 cm³/mol. The van der Waals surface area contributed by atoms with E-state index in [1.54, 1.807) is 6.08 Å². The lowest BCUT2D eigenvalue weighted by atomic mass is 9.94. The van der Waals surface area contributed by atoms with E-state index >= 15 is 0 Å². The molecule has 114 valence electrons. The van der Waals surface area contributed by atoms with Crippen molar-refractivity contribution in [2.45, 2.75) is 49.2 Å². The molecule has 0 aliphatic carbocycles. The SMILES string of the molecule is C=CC[C@@H](O)C1O[C@@H]2SC(N(C)CC)=N[C@@H]2[C@@H](O)[C@@H]1O. The molecule has 3 N–H and O–H groups in total. The monoisotopic (exact) mass is 302 g/mol. The summed E-state index contributed by atoms with van der Waals surface area (Å²) in [5, 5.41) is 31.1. The lowest BCUT2D eigenvalue weighted by molar-refractivity contribution is -0.184. The number of hydrogen-bond donors (Lipinski definition) is 3. The van der Waals surface area contributed by atoms with Crippen molar-refractivity contribution in [3.63, 3.8) is 0 Å². The van der Waals surface area contributed by atoms with E-state index in [1.807, 2.05) is 18.9 Å². The van der Waals surface area contributed by atoms with Crippen molar-refractivity contribution in [3.8, 4) is 0 Å². The van der Waals surface area contributed by atoms with Crippen LogP contribution < -0.4 is 0 Å². The molecule has 6 atom stereocenters. The molecule has 0 bridgehead atoms. The maximum Gasteiger partial charge on any atom is 0.162 e. The fourth-order valence-corrected chi connectivity index (χ4v) is 3.56. The second-order valence-electron chi connectivity index (χ2n) is 5.08. The van der Waals surface area contributed by atoms with Crippen LogP contribution in [-0.4, -0.2) is 74.9 Å². The third-order valence-corrected chi connectivity index (χ3v) is 4.93. The van der Waals surface area contributed by atoms with Gasteiger partial charge in [-0.3, -0.25) is 4.99 Å². The molecule has 0 radical (unpaired) electrons. The number of ether oxygens (including phenoxy) is 1. The first kappa shape index (κ1) is 15.8. The van der Waals surface area contributed by atoms with Crippen molar-refractivity contribution in [3.05, 3.63) is 12.7 Å². The second-order valence-corrected chi connectivity index (χ2v) is 6.14. The fraction of sp³-hybridized carbons (Fsp3) is 0.769. The molecule has 7 heteroatoms. The molecule has 2 aliphatic rings. The average Bonchev–Trinajstić information content (AvgIpc) is 2.86. The molecule has 6 nitrogen and oxygen atoms in total. The molecule has 20 heavy (non-hydrogen) atoms. The highest BCUT2D eigenvalue weighted by Gasteiger charge is 2.50. The number of aliphatic imine (C=N–C) groups is 1. The maximum atomic E-state index is 10.2. The van der Waals surface area contributed by atoms with Crippen LogP contribution in [0, 0.1) is 0 Å². The van der Waals surface area contributed by atoms with E-state index in [9.17, 15) is 15.3 Å². The molecule has 1 fully saturated rings. The summed E-state index contributed by atoms with van der Waals surface area (Å²) in [5.74, 6) is 0. The van der Waals surface area contributed by atoms with Crippen LogP contribution in [0.1, 0.15) is 13.3 Å². The van der Waals surface area contributed by atoms with Gasteiger partial charge in [-0.1, -0.05) is 17.8 Å². The van der Waals surface area contributed by atoms with Crippen LogP contribution in [-0.2, 0) is 4.74 Å². The molecule has 0 aromatic carbocycles. The van der Waals surface area contributed by atoms with Gasteiger partial charge in [-0.25, -0.2) is 0 Å². The van der Waals surface area contributed by atoms with Crippen LogP contribution in [0.15, 0.2) is 17.6 Å². The molecular formula is C13H22N2O4S. The molecule has 1 saturated heterocycles. The van der Waals surface area contributed by atoms with Crippen molar-refractivity contribution < 1.29 is 20.1 Å². The molecule has 0 amide bonds. The van der Waals surface area contributed by atoms with Gasteiger partial charge in [0.2, 0.25) is 0 Å². The minimum atomic E-state index is -1.15. The molecule has 2 aliphatic heterocycles. The zero-order valence-electron chi connectivity index (χ0n) is 11.7. The van der Waals surface area contributed by atoms with Crippen molar-refractivity contribution in [1.82, 2.24) is 4.90 Å². The van der Waals surface area contributed by atoms with Gasteiger partial charge in [-0.05, 0) is 13.3 Å². The molecule has 2 rings (SSSR count). The lowest BCUT2D eigenvalue weighted by Crippen LogP contribution is -2.58. The molecule has 0 aromatic rings. The Labute approximate surface area is 123 Å². The van der Waals surface area contributed by atoms with Crippen LogP contribution in [0.4, 0.5) is 0 Å². The first-order chi connectivity index (χ1) is 9.49. The number of aliphatic hydroxyl groups is 3. The van der Waals surface area contributed by atoms with Crippen molar-refractivity contribution in [1.29, 1.82) is 0 Å². The Bertz CT molecular complexity index is 393. The van der Waals surface area contributed by atoms with E-state index in [4.69, 9.17) is 4.74 Å². The maximum absolute atomic E-state index is 10.2. The van der Waals surface area contributed by atoms with Crippen molar-refractivity contribution >= 4 is 16.9 Å². The number of thioether (sulfide) groups is 1. The number of rotatable bonds is 4. The summed E-state index contributed by atoms with van der Waals surface area (Å²) in [5.41, 5.74) is -0.373. The van der Waals surface area contributed by atoms with E-state index < -0.39 is 30.5 Å². The Hall–Kier alpha value is -0.600. The third kappa shape index (κ3) is 2.87. The fourth-order valence-electron chi connectivity index (χ4n) is 2.32. The summed E-state index contributed by atoms with van der Waals surface area (Å²) < 4.78 is 5.75. The number of amidine groups is 1. The van der Waals surface area contributed by atoms with E-state index in [-0.39, 0.29) is 5.44 Å². The average molecular weight is 302 g/mol. The smallest absolute Gasteiger partial charge is 0.162 e. The second kappa shape index (κ2) is 6.44. The van der Waals surface area contributed by atoms with Crippen molar-refractivity contribution in [2.75, 3.05) is 13.6 Å². The first-order valence-electron chi connectivity index (χ1n) is 6.75. The standard InChI is InChI=1S/C13H22N2O4S/c1-4-6-7(16)11-10(18)9(17)8-12(19-11)20-13(14-8)15(3)5-2/h4,7-12,16-18H,1,5-6H2,2-3H3/t7-,8-,9-,10+,11?,12-/m1/s1. The molecule has 2 heterocycles. The Balaban J connectivity index is 2.11. The quantitative estimate of drug-likeness (QED) is 0.623. The summed E-state index contributed by atoms with van der Waals surface area (Å²) in [4.78, 5) is 6.38. The first-order valence-corrected chi connectivity index (χ1v) is 7.63. The highest BCUT2D eigenvalue weighted by molar-refractivity contribution is 8.14. The third-order valence-electron chi connectivity index (χ3n) is 3.68. The van der Waals surface area contributed by atoms with Gasteiger partial charge in [0.15, 0.2) is 5.17 Å². The predicted octanol–water partition coefficient (Wildman–Crippen LogP) is -0.207. The lowest BCUT2D eigenvalue weighted by Gasteiger charge is -2.40. The molecule has 0 saturated carbocycles. The number of hydrogen-bond acceptors (Lipinski definition) is 7. The summed E-state index contributed by atoms with van der Waals surface area (Å²) in [6.45, 7) is 6.36. The number of fused-ring (bicyclic) bond motifs is 1. The summed E-state index contributed by atoms with van der Waals surface area (Å²) in [7, 11) is 1.91. The van der Waals surface area contributed by atoms with Gasteiger partial charge in [-0.15, -0.1) is 6.58 Å². The Kier molecular flexibility index (Phi) is 5.09. The minimum absolute atomic E-state index is 0.305. The van der Waals surface area contributed by atoms with Crippen LogP contribution in [0.3, 0.4) is 0 Å². The van der Waals surface area contributed by atoms with Gasteiger partial charge in [0.25, 0.3) is 0 Å². The van der Waals surface area contributed by atoms with Crippen molar-refractivity contribution in [2.24, 2.45) is 4.99 Å². The van der Waals surface area contributed by atoms with Crippen LogP contribution in [0.2, 0.25) is 0 Å². The van der Waals surface area contributed by atoms with Gasteiger partial charge < -0.3 is 25.0 Å². The zero-order chi connectivity index (χ0) is 14.9.